The molecule has 0 aromatic heterocycles. The third-order valence-electron chi connectivity index (χ3n) is 4.19. The maximum absolute atomic E-state index is 14.1. The molecule has 28 heavy (non-hydrogen) atoms. The number of sulfonamides is 1. The van der Waals surface area contributed by atoms with Crippen molar-refractivity contribution < 1.29 is 35.9 Å². The first kappa shape index (κ1) is 20.2. The Morgan fingerprint density at radius 2 is 1.71 bits per heavy atom. The number of carbonyl (C=O) groups excluding carboxylic acids is 1. The maximum atomic E-state index is 14.1. The summed E-state index contributed by atoms with van der Waals surface area (Å²) in [6.07, 6.45) is -0.709. The van der Waals surface area contributed by atoms with Crippen LogP contribution in [-0.2, 0) is 10.0 Å². The van der Waals surface area contributed by atoms with Crippen LogP contribution in [0, 0.1) is 23.3 Å². The van der Waals surface area contributed by atoms with E-state index < -0.39 is 56.0 Å². The molecule has 0 spiro atoms. The van der Waals surface area contributed by atoms with Crippen LogP contribution in [-0.4, -0.2) is 36.5 Å². The minimum Gasteiger partial charge on any atom is -0.377 e. The normalized spacial score (nSPS) is 17.7. The highest BCUT2D eigenvalue weighted by Gasteiger charge is 2.36. The highest BCUT2D eigenvalue weighted by molar-refractivity contribution is 7.89. The summed E-state index contributed by atoms with van der Waals surface area (Å²) in [6.45, 7) is -0.00645. The van der Waals surface area contributed by atoms with E-state index in [1.54, 1.807) is 0 Å². The predicted molar refractivity (Wildman–Crippen MR) is 89.8 cm³/mol. The summed E-state index contributed by atoms with van der Waals surface area (Å²) >= 11 is 0. The molecule has 1 atom stereocenters. The van der Waals surface area contributed by atoms with Gasteiger partial charge >= 0.3 is 0 Å². The van der Waals surface area contributed by atoms with Gasteiger partial charge in [-0.15, -0.1) is 0 Å². The summed E-state index contributed by atoms with van der Waals surface area (Å²) in [5, 5.41) is 11.8. The number of anilines is 1. The molecular formula is C17H14F4N2O4S. The lowest BCUT2D eigenvalue weighted by Crippen LogP contribution is -2.35. The highest BCUT2D eigenvalue weighted by atomic mass is 32.2. The number of hydrogen-bond acceptors (Lipinski definition) is 4. The first-order chi connectivity index (χ1) is 13.1. The molecule has 1 unspecified atom stereocenters. The molecular weight excluding hydrogens is 404 g/mol. The Morgan fingerprint density at radius 3 is 2.29 bits per heavy atom. The Hall–Kier alpha value is -2.50. The fourth-order valence-electron chi connectivity index (χ4n) is 2.80. The van der Waals surface area contributed by atoms with Crippen LogP contribution in [0.15, 0.2) is 35.2 Å². The first-order valence-electron chi connectivity index (χ1n) is 8.06. The van der Waals surface area contributed by atoms with Gasteiger partial charge in [-0.1, -0.05) is 0 Å². The molecule has 2 aromatic carbocycles. The molecule has 0 radical (unpaired) electrons. The average molecular weight is 418 g/mol. The van der Waals surface area contributed by atoms with E-state index in [1.165, 1.54) is 0 Å². The van der Waals surface area contributed by atoms with Gasteiger partial charge in [0.2, 0.25) is 10.0 Å². The van der Waals surface area contributed by atoms with Gasteiger partial charge in [-0.2, -0.15) is 4.31 Å². The number of aliphatic hydroxyl groups excluding tert-OH is 1. The molecule has 150 valence electrons. The zero-order valence-corrected chi connectivity index (χ0v) is 14.9. The molecule has 6 nitrogen and oxygen atoms in total. The summed E-state index contributed by atoms with van der Waals surface area (Å²) in [7, 11) is -4.41. The Labute approximate surface area is 157 Å². The van der Waals surface area contributed by atoms with E-state index in [2.05, 4.69) is 5.32 Å². The Bertz CT molecular complexity index is 1020. The second kappa shape index (κ2) is 7.49. The Morgan fingerprint density at radius 1 is 1.07 bits per heavy atom. The van der Waals surface area contributed by atoms with E-state index in [0.29, 0.717) is 18.6 Å². The van der Waals surface area contributed by atoms with Gasteiger partial charge < -0.3 is 10.4 Å². The van der Waals surface area contributed by atoms with Crippen molar-refractivity contribution in [2.24, 2.45) is 0 Å². The van der Waals surface area contributed by atoms with Crippen LogP contribution in [0.4, 0.5) is 23.2 Å². The summed E-state index contributed by atoms with van der Waals surface area (Å²) in [4.78, 5) is 11.4. The van der Waals surface area contributed by atoms with Crippen molar-refractivity contribution in [3.63, 3.8) is 0 Å². The quantitative estimate of drug-likeness (QED) is 0.590. The summed E-state index contributed by atoms with van der Waals surface area (Å²) < 4.78 is 79.5. The minimum atomic E-state index is -4.41. The molecule has 1 aliphatic rings. The SMILES string of the molecule is O=C(Nc1cc(F)c(F)c(F)c1)c1ccc(F)c(S(=O)(=O)N2CCCC2O)c1. The number of nitrogens with one attached hydrogen (secondary N) is 1. The topological polar surface area (TPSA) is 86.7 Å². The zero-order valence-electron chi connectivity index (χ0n) is 14.1. The van der Waals surface area contributed by atoms with Crippen molar-refractivity contribution in [2.75, 3.05) is 11.9 Å². The average Bonchev–Trinajstić information content (AvgIpc) is 3.06. The van der Waals surface area contributed by atoms with E-state index in [4.69, 9.17) is 0 Å². The molecule has 1 aliphatic heterocycles. The monoisotopic (exact) mass is 418 g/mol. The smallest absolute Gasteiger partial charge is 0.255 e. The van der Waals surface area contributed by atoms with Gasteiger partial charge in [0.1, 0.15) is 16.9 Å². The lowest BCUT2D eigenvalue weighted by Gasteiger charge is -2.20. The predicted octanol–water partition coefficient (Wildman–Crippen LogP) is 2.60. The molecule has 1 amide bonds. The third kappa shape index (κ3) is 3.73. The number of hydrogen-bond donors (Lipinski definition) is 2. The van der Waals surface area contributed by atoms with Crippen molar-refractivity contribution in [3.05, 3.63) is 59.2 Å². The molecule has 0 bridgehead atoms. The highest BCUT2D eigenvalue weighted by Crippen LogP contribution is 2.27. The van der Waals surface area contributed by atoms with Gasteiger partial charge in [0.15, 0.2) is 17.5 Å². The fourth-order valence-corrected chi connectivity index (χ4v) is 4.44. The van der Waals surface area contributed by atoms with E-state index >= 15 is 0 Å². The van der Waals surface area contributed by atoms with Crippen molar-refractivity contribution >= 4 is 21.6 Å². The number of benzene rings is 2. The molecule has 1 saturated heterocycles. The van der Waals surface area contributed by atoms with Crippen LogP contribution in [0.1, 0.15) is 23.2 Å². The second-order valence-electron chi connectivity index (χ2n) is 6.09. The van der Waals surface area contributed by atoms with Gasteiger partial charge in [0.05, 0.1) is 0 Å². The van der Waals surface area contributed by atoms with Crippen LogP contribution in [0.25, 0.3) is 0 Å². The first-order valence-corrected chi connectivity index (χ1v) is 9.50. The minimum absolute atomic E-state index is 0.00645. The summed E-state index contributed by atoms with van der Waals surface area (Å²) in [5.41, 5.74) is -0.732. The van der Waals surface area contributed by atoms with E-state index in [1.807, 2.05) is 0 Å². The van der Waals surface area contributed by atoms with Crippen molar-refractivity contribution in [1.29, 1.82) is 0 Å². The number of rotatable bonds is 4. The molecule has 2 aromatic rings. The number of aliphatic hydroxyl groups is 1. The van der Waals surface area contributed by atoms with E-state index in [0.717, 1.165) is 22.5 Å². The van der Waals surface area contributed by atoms with Crippen LogP contribution < -0.4 is 5.32 Å². The number of nitrogens with zero attached hydrogens (tertiary/aromatic N) is 1. The molecule has 1 fully saturated rings. The molecule has 3 rings (SSSR count). The lowest BCUT2D eigenvalue weighted by molar-refractivity contribution is 0.0947. The van der Waals surface area contributed by atoms with Gasteiger partial charge in [-0.3, -0.25) is 4.79 Å². The standard InChI is InChI=1S/C17H14F4N2O4S/c18-11-4-3-9(6-14(11)28(26,27)23-5-1-2-15(23)24)17(25)22-10-7-12(19)16(21)13(20)8-10/h3-4,6-8,15,24H,1-2,5H2,(H,22,25). The van der Waals surface area contributed by atoms with Gasteiger partial charge in [0, 0.05) is 29.9 Å². The number of carbonyl (C=O) groups is 1. The number of halogens is 4. The molecule has 11 heteroatoms. The maximum Gasteiger partial charge on any atom is 0.255 e. The van der Waals surface area contributed by atoms with Crippen molar-refractivity contribution in [2.45, 2.75) is 24.0 Å². The largest absolute Gasteiger partial charge is 0.377 e. The van der Waals surface area contributed by atoms with Gasteiger partial charge in [-0.05, 0) is 31.0 Å². The molecule has 2 N–H and O–H groups in total. The van der Waals surface area contributed by atoms with Gasteiger partial charge in [0.25, 0.3) is 5.91 Å². The zero-order chi connectivity index (χ0) is 20.6. The van der Waals surface area contributed by atoms with Crippen LogP contribution in [0.5, 0.6) is 0 Å². The Kier molecular flexibility index (Phi) is 5.41. The summed E-state index contributed by atoms with van der Waals surface area (Å²) in [6, 6.07) is 3.55. The van der Waals surface area contributed by atoms with Crippen LogP contribution in [0.3, 0.4) is 0 Å². The van der Waals surface area contributed by atoms with Crippen molar-refractivity contribution in [3.8, 4) is 0 Å². The molecule has 0 saturated carbocycles. The van der Waals surface area contributed by atoms with Gasteiger partial charge in [-0.25, -0.2) is 26.0 Å². The fraction of sp³-hybridized carbons (Fsp3) is 0.235. The summed E-state index contributed by atoms with van der Waals surface area (Å²) in [5.74, 6) is -6.89. The van der Waals surface area contributed by atoms with Crippen molar-refractivity contribution in [1.82, 2.24) is 4.31 Å². The molecule has 0 aliphatic carbocycles. The molecule has 1 heterocycles. The van der Waals surface area contributed by atoms with E-state index in [9.17, 15) is 35.9 Å². The Balaban J connectivity index is 1.92. The number of amides is 1. The van der Waals surface area contributed by atoms with Crippen LogP contribution in [0.2, 0.25) is 0 Å². The second-order valence-corrected chi connectivity index (χ2v) is 7.95. The lowest BCUT2D eigenvalue weighted by atomic mass is 10.2. The van der Waals surface area contributed by atoms with E-state index in [-0.39, 0.29) is 18.5 Å². The third-order valence-corrected chi connectivity index (χ3v) is 6.11. The van der Waals surface area contributed by atoms with Crippen LogP contribution >= 0.6 is 0 Å².